The van der Waals surface area contributed by atoms with Crippen LogP contribution >= 0.6 is 0 Å². The van der Waals surface area contributed by atoms with E-state index in [2.05, 4.69) is 15.3 Å². The van der Waals surface area contributed by atoms with Crippen molar-refractivity contribution in [1.82, 2.24) is 24.1 Å². The Morgan fingerprint density at radius 1 is 1.18 bits per heavy atom. The summed E-state index contributed by atoms with van der Waals surface area (Å²) in [5, 5.41) is 8.89. The Morgan fingerprint density at radius 2 is 2.05 bits per heavy atom. The van der Waals surface area contributed by atoms with Crippen molar-refractivity contribution in [1.29, 1.82) is 0 Å². The fourth-order valence-electron chi connectivity index (χ4n) is 5.10. The number of ether oxygens (including phenoxy) is 3. The molecule has 4 aromatic heterocycles. The molecule has 1 atom stereocenters. The van der Waals surface area contributed by atoms with Crippen molar-refractivity contribution in [2.24, 2.45) is 0 Å². The number of pyridine rings is 2. The van der Waals surface area contributed by atoms with E-state index < -0.39 is 5.79 Å². The Hall–Kier alpha value is -4.28. The van der Waals surface area contributed by atoms with Crippen molar-refractivity contribution in [2.45, 2.75) is 52.6 Å². The predicted molar refractivity (Wildman–Crippen MR) is 151 cm³/mol. The van der Waals surface area contributed by atoms with E-state index in [1.165, 1.54) is 0 Å². The van der Waals surface area contributed by atoms with E-state index in [1.807, 2.05) is 87.1 Å². The lowest BCUT2D eigenvalue weighted by Crippen LogP contribution is -2.25. The molecular formula is C30H32N6O4. The van der Waals surface area contributed by atoms with Gasteiger partial charge in [-0.25, -0.2) is 4.98 Å². The first-order valence-electron chi connectivity index (χ1n) is 13.4. The van der Waals surface area contributed by atoms with Crippen molar-refractivity contribution in [3.05, 3.63) is 83.7 Å². The Bertz CT molecular complexity index is 1710. The molecule has 0 bridgehead atoms. The van der Waals surface area contributed by atoms with Crippen LogP contribution in [-0.2, 0) is 22.4 Å². The number of fused-ring (bicyclic) bond motifs is 2. The summed E-state index contributed by atoms with van der Waals surface area (Å²) in [6, 6.07) is 15.3. The van der Waals surface area contributed by atoms with Gasteiger partial charge in [0.25, 0.3) is 5.91 Å². The molecule has 1 amide bonds. The highest BCUT2D eigenvalue weighted by Gasteiger charge is 2.33. The first-order valence-corrected chi connectivity index (χ1v) is 13.4. The Balaban J connectivity index is 1.40. The van der Waals surface area contributed by atoms with Crippen molar-refractivity contribution >= 4 is 28.1 Å². The van der Waals surface area contributed by atoms with Gasteiger partial charge < -0.3 is 19.5 Å². The average Bonchev–Trinajstić information content (AvgIpc) is 3.63. The summed E-state index contributed by atoms with van der Waals surface area (Å²) in [5.74, 6) is -0.248. The fourth-order valence-corrected chi connectivity index (χ4v) is 5.10. The van der Waals surface area contributed by atoms with Crippen molar-refractivity contribution < 1.29 is 19.0 Å². The molecule has 6 rings (SSSR count). The fraction of sp³-hybridized carbons (Fsp3) is 0.333. The molecule has 0 spiro atoms. The molecule has 0 saturated carbocycles. The molecule has 1 aliphatic rings. The highest BCUT2D eigenvalue weighted by Crippen LogP contribution is 2.36. The van der Waals surface area contributed by atoms with E-state index in [1.54, 1.807) is 10.6 Å². The maximum atomic E-state index is 13.4. The van der Waals surface area contributed by atoms with Gasteiger partial charge in [-0.2, -0.15) is 5.10 Å². The third-order valence-electron chi connectivity index (χ3n) is 6.91. The standard InChI is InChI=1S/C30H32N6O4/c1-5-22-27-23(33-29(37)24-15-31-26-11-6-7-14-35(24)26)12-13-25(38-17-21-18-39-30(3,4)40-21)28(27)36(34-22)16-20-10-8-9-19(2)32-20/h6-15,21H,5,16-18H2,1-4H3,(H,33,37). The number of anilines is 1. The van der Waals surface area contributed by atoms with Crippen LogP contribution in [0.3, 0.4) is 0 Å². The topological polar surface area (TPSA) is 105 Å². The van der Waals surface area contributed by atoms with Gasteiger partial charge in [-0.1, -0.05) is 19.1 Å². The van der Waals surface area contributed by atoms with Gasteiger partial charge in [0.1, 0.15) is 35.3 Å². The van der Waals surface area contributed by atoms with Crippen LogP contribution in [0, 0.1) is 6.92 Å². The number of rotatable bonds is 8. The number of hydrogen-bond donors (Lipinski definition) is 1. The molecule has 1 saturated heterocycles. The van der Waals surface area contributed by atoms with Crippen molar-refractivity contribution in [3.63, 3.8) is 0 Å². The van der Waals surface area contributed by atoms with Gasteiger partial charge in [0.15, 0.2) is 5.79 Å². The maximum absolute atomic E-state index is 13.4. The van der Waals surface area contributed by atoms with Gasteiger partial charge in [0.05, 0.1) is 41.8 Å². The third kappa shape index (κ3) is 5.03. The molecule has 1 fully saturated rings. The second-order valence-corrected chi connectivity index (χ2v) is 10.4. The average molecular weight is 541 g/mol. The van der Waals surface area contributed by atoms with Crippen molar-refractivity contribution in [3.8, 4) is 5.75 Å². The lowest BCUT2D eigenvalue weighted by molar-refractivity contribution is -0.141. The van der Waals surface area contributed by atoms with E-state index in [0.717, 1.165) is 28.0 Å². The summed E-state index contributed by atoms with van der Waals surface area (Å²) in [6.45, 7) is 9.03. The number of aryl methyl sites for hydroxylation is 2. The zero-order chi connectivity index (χ0) is 27.9. The smallest absolute Gasteiger partial charge is 0.274 e. The minimum atomic E-state index is -0.636. The highest BCUT2D eigenvalue weighted by atomic mass is 16.7. The van der Waals surface area contributed by atoms with Crippen LogP contribution in [0.4, 0.5) is 5.69 Å². The van der Waals surface area contributed by atoms with Gasteiger partial charge in [-0.3, -0.25) is 18.9 Å². The van der Waals surface area contributed by atoms with Crippen LogP contribution < -0.4 is 10.1 Å². The lowest BCUT2D eigenvalue weighted by atomic mass is 10.1. The molecule has 40 heavy (non-hydrogen) atoms. The summed E-state index contributed by atoms with van der Waals surface area (Å²) in [7, 11) is 0. The molecule has 206 valence electrons. The molecule has 1 aromatic carbocycles. The summed E-state index contributed by atoms with van der Waals surface area (Å²) in [4.78, 5) is 22.5. The number of carbonyl (C=O) groups excluding carboxylic acids is 1. The number of carbonyl (C=O) groups is 1. The number of amides is 1. The zero-order valence-electron chi connectivity index (χ0n) is 23.0. The van der Waals surface area contributed by atoms with Crippen LogP contribution in [-0.4, -0.2) is 55.2 Å². The quantitative estimate of drug-likeness (QED) is 0.302. The molecule has 1 aliphatic heterocycles. The van der Waals surface area contributed by atoms with Gasteiger partial charge >= 0.3 is 0 Å². The molecule has 0 radical (unpaired) electrons. The first-order chi connectivity index (χ1) is 19.3. The van der Waals surface area contributed by atoms with Crippen LogP contribution in [0.25, 0.3) is 16.6 Å². The van der Waals surface area contributed by atoms with Crippen LogP contribution in [0.5, 0.6) is 5.75 Å². The molecule has 1 N–H and O–H groups in total. The number of aromatic nitrogens is 5. The molecule has 10 nitrogen and oxygen atoms in total. The minimum Gasteiger partial charge on any atom is -0.489 e. The van der Waals surface area contributed by atoms with Crippen LogP contribution in [0.2, 0.25) is 0 Å². The van der Waals surface area contributed by atoms with Crippen LogP contribution in [0.15, 0.2) is 60.9 Å². The molecule has 0 aliphatic carbocycles. The summed E-state index contributed by atoms with van der Waals surface area (Å²) < 4.78 is 21.7. The number of hydrogen-bond acceptors (Lipinski definition) is 7. The Labute approximate surface area is 231 Å². The van der Waals surface area contributed by atoms with Crippen LogP contribution in [0.1, 0.15) is 48.3 Å². The zero-order valence-corrected chi connectivity index (χ0v) is 23.0. The first kappa shape index (κ1) is 26.0. The number of nitrogens with one attached hydrogen (secondary N) is 1. The van der Waals surface area contributed by atoms with E-state index in [9.17, 15) is 4.79 Å². The SMILES string of the molecule is CCc1nn(Cc2cccc(C)n2)c2c(OCC3COC(C)(C)O3)ccc(NC(=O)c3cnc4ccccn34)c12. The van der Waals surface area contributed by atoms with E-state index in [0.29, 0.717) is 49.0 Å². The summed E-state index contributed by atoms with van der Waals surface area (Å²) in [6.07, 6.45) is 3.88. The second-order valence-electron chi connectivity index (χ2n) is 10.4. The third-order valence-corrected chi connectivity index (χ3v) is 6.91. The Morgan fingerprint density at radius 3 is 2.83 bits per heavy atom. The number of imidazole rings is 1. The molecular weight excluding hydrogens is 508 g/mol. The van der Waals surface area contributed by atoms with E-state index in [-0.39, 0.29) is 12.0 Å². The monoisotopic (exact) mass is 540 g/mol. The lowest BCUT2D eigenvalue weighted by Gasteiger charge is -2.18. The maximum Gasteiger partial charge on any atom is 0.274 e. The second kappa shape index (κ2) is 10.4. The molecule has 10 heteroatoms. The highest BCUT2D eigenvalue weighted by molar-refractivity contribution is 6.09. The number of nitrogens with zero attached hydrogens (tertiary/aromatic N) is 5. The largest absolute Gasteiger partial charge is 0.489 e. The molecule has 5 heterocycles. The summed E-state index contributed by atoms with van der Waals surface area (Å²) in [5.41, 5.74) is 5.25. The van der Waals surface area contributed by atoms with E-state index >= 15 is 0 Å². The predicted octanol–water partition coefficient (Wildman–Crippen LogP) is 4.78. The van der Waals surface area contributed by atoms with Gasteiger partial charge in [-0.15, -0.1) is 0 Å². The normalized spacial score (nSPS) is 16.6. The number of benzene rings is 1. The van der Waals surface area contributed by atoms with E-state index in [4.69, 9.17) is 19.3 Å². The van der Waals surface area contributed by atoms with Gasteiger partial charge in [-0.05, 0) is 63.6 Å². The Kier molecular flexibility index (Phi) is 6.73. The van der Waals surface area contributed by atoms with Crippen molar-refractivity contribution in [2.75, 3.05) is 18.5 Å². The summed E-state index contributed by atoms with van der Waals surface area (Å²) >= 11 is 0. The van der Waals surface area contributed by atoms with Gasteiger partial charge in [0, 0.05) is 11.9 Å². The molecule has 5 aromatic rings. The molecule has 1 unspecified atom stereocenters. The van der Waals surface area contributed by atoms with Gasteiger partial charge in [0.2, 0.25) is 0 Å². The minimum absolute atomic E-state index is 0.194.